The first kappa shape index (κ1) is 23.9. The summed E-state index contributed by atoms with van der Waals surface area (Å²) in [4.78, 5) is 11.7. The Balaban J connectivity index is 1.48. The van der Waals surface area contributed by atoms with Gasteiger partial charge in [0.05, 0.1) is 5.56 Å². The number of rotatable bonds is 6. The summed E-state index contributed by atoms with van der Waals surface area (Å²) < 4.78 is 0. The Morgan fingerprint density at radius 2 is 1.34 bits per heavy atom. The molecule has 0 amide bonds. The van der Waals surface area contributed by atoms with Crippen LogP contribution in [0.2, 0.25) is 5.15 Å². The number of thioether (sulfide) groups is 1. The summed E-state index contributed by atoms with van der Waals surface area (Å²) in [6.07, 6.45) is 3.61. The summed E-state index contributed by atoms with van der Waals surface area (Å²) in [7, 11) is 0. The van der Waals surface area contributed by atoms with Gasteiger partial charge in [-0.3, -0.25) is 0 Å². The first-order valence-electron chi connectivity index (χ1n) is 11.9. The molecule has 2 heterocycles. The summed E-state index contributed by atoms with van der Waals surface area (Å²) in [5.74, 6) is 0.933. The van der Waals surface area contributed by atoms with Gasteiger partial charge < -0.3 is 10.0 Å². The van der Waals surface area contributed by atoms with Gasteiger partial charge in [0.15, 0.2) is 5.16 Å². The molecule has 1 N–H and O–H groups in total. The number of halogens is 1. The molecule has 1 aliphatic heterocycles. The lowest BCUT2D eigenvalue weighted by atomic mass is 9.72. The van der Waals surface area contributed by atoms with E-state index in [9.17, 15) is 5.11 Å². The maximum Gasteiger partial charge on any atom is 0.190 e. The topological polar surface area (TPSA) is 49.2 Å². The SMILES string of the molecule is CSc1nc(Cl)c(-c2ccccc2)c(N2CCC(C(O)(c3ccccc3)c3ccccc3)CC2)n1. The van der Waals surface area contributed by atoms with E-state index in [4.69, 9.17) is 16.6 Å². The standard InChI is InChI=1S/C29H28ClN3OS/c1-35-28-31-26(30)25(21-11-5-2-6-12-21)27(32-28)33-19-17-24(18-20-33)29(34,22-13-7-3-8-14-22)23-15-9-4-10-16-23/h2-16,24,34H,17-20H2,1H3. The minimum absolute atomic E-state index is 0.0704. The van der Waals surface area contributed by atoms with Crippen LogP contribution in [-0.4, -0.2) is 34.4 Å². The second-order valence-electron chi connectivity index (χ2n) is 8.83. The van der Waals surface area contributed by atoms with Crippen molar-refractivity contribution < 1.29 is 5.11 Å². The number of hydrogen-bond acceptors (Lipinski definition) is 5. The van der Waals surface area contributed by atoms with Gasteiger partial charge in [-0.2, -0.15) is 0 Å². The van der Waals surface area contributed by atoms with Crippen LogP contribution >= 0.6 is 23.4 Å². The predicted molar refractivity (Wildman–Crippen MR) is 145 cm³/mol. The first-order valence-corrected chi connectivity index (χ1v) is 13.5. The Labute approximate surface area is 216 Å². The van der Waals surface area contributed by atoms with Gasteiger partial charge in [-0.15, -0.1) is 0 Å². The average Bonchev–Trinajstić information content (AvgIpc) is 2.93. The lowest BCUT2D eigenvalue weighted by molar-refractivity contribution is 0.00500. The summed E-state index contributed by atoms with van der Waals surface area (Å²) in [5.41, 5.74) is 2.69. The fraction of sp³-hybridized carbons (Fsp3) is 0.241. The van der Waals surface area contributed by atoms with Gasteiger partial charge in [0.25, 0.3) is 0 Å². The number of aromatic nitrogens is 2. The maximum atomic E-state index is 12.2. The largest absolute Gasteiger partial charge is 0.380 e. The van der Waals surface area contributed by atoms with Gasteiger partial charge in [0.1, 0.15) is 16.6 Å². The molecule has 0 aliphatic carbocycles. The molecule has 0 radical (unpaired) electrons. The molecule has 3 aromatic carbocycles. The van der Waals surface area contributed by atoms with Crippen molar-refractivity contribution >= 4 is 29.2 Å². The molecule has 5 rings (SSSR count). The monoisotopic (exact) mass is 501 g/mol. The van der Waals surface area contributed by atoms with Crippen LogP contribution < -0.4 is 4.90 Å². The van der Waals surface area contributed by atoms with E-state index >= 15 is 0 Å². The molecule has 6 heteroatoms. The molecule has 178 valence electrons. The van der Waals surface area contributed by atoms with Crippen molar-refractivity contribution in [1.29, 1.82) is 0 Å². The third-order valence-corrected chi connectivity index (χ3v) is 7.70. The first-order chi connectivity index (χ1) is 17.1. The third kappa shape index (κ3) is 4.68. The van der Waals surface area contributed by atoms with Crippen molar-refractivity contribution in [3.63, 3.8) is 0 Å². The van der Waals surface area contributed by atoms with Crippen LogP contribution in [0.3, 0.4) is 0 Å². The number of hydrogen-bond donors (Lipinski definition) is 1. The second kappa shape index (κ2) is 10.4. The van der Waals surface area contributed by atoms with Crippen LogP contribution in [0.25, 0.3) is 11.1 Å². The van der Waals surface area contributed by atoms with Crippen molar-refractivity contribution in [2.75, 3.05) is 24.2 Å². The highest BCUT2D eigenvalue weighted by Crippen LogP contribution is 2.44. The molecule has 1 aromatic heterocycles. The zero-order valence-electron chi connectivity index (χ0n) is 19.6. The number of anilines is 1. The van der Waals surface area contributed by atoms with Crippen molar-refractivity contribution in [1.82, 2.24) is 9.97 Å². The predicted octanol–water partition coefficient (Wildman–Crippen LogP) is 6.67. The zero-order chi connectivity index (χ0) is 24.3. The van der Waals surface area contributed by atoms with Gasteiger partial charge in [-0.05, 0) is 41.7 Å². The Hall–Kier alpha value is -2.86. The van der Waals surface area contributed by atoms with Gasteiger partial charge in [0, 0.05) is 13.1 Å². The third-order valence-electron chi connectivity index (χ3n) is 6.88. The zero-order valence-corrected chi connectivity index (χ0v) is 21.2. The smallest absolute Gasteiger partial charge is 0.190 e. The summed E-state index contributed by atoms with van der Waals surface area (Å²) >= 11 is 8.19. The van der Waals surface area contributed by atoms with Gasteiger partial charge >= 0.3 is 0 Å². The maximum absolute atomic E-state index is 12.2. The van der Waals surface area contributed by atoms with Crippen molar-refractivity contribution in [3.05, 3.63) is 107 Å². The van der Waals surface area contributed by atoms with E-state index < -0.39 is 5.60 Å². The molecule has 0 bridgehead atoms. The molecule has 0 atom stereocenters. The van der Waals surface area contributed by atoms with Crippen LogP contribution in [-0.2, 0) is 5.60 Å². The van der Waals surface area contributed by atoms with Gasteiger partial charge in [0.2, 0.25) is 0 Å². The van der Waals surface area contributed by atoms with E-state index in [0.29, 0.717) is 10.3 Å². The van der Waals surface area contributed by atoms with E-state index in [1.807, 2.05) is 97.3 Å². The molecule has 1 fully saturated rings. The molecule has 4 nitrogen and oxygen atoms in total. The molecule has 35 heavy (non-hydrogen) atoms. The van der Waals surface area contributed by atoms with Gasteiger partial charge in [-0.25, -0.2) is 9.97 Å². The Morgan fingerprint density at radius 3 is 1.86 bits per heavy atom. The summed E-state index contributed by atoms with van der Waals surface area (Å²) in [5, 5.41) is 13.4. The molecule has 0 saturated carbocycles. The normalized spacial score (nSPS) is 14.8. The number of piperidine rings is 1. The highest BCUT2D eigenvalue weighted by Gasteiger charge is 2.42. The van der Waals surface area contributed by atoms with Crippen LogP contribution in [0.4, 0.5) is 5.82 Å². The van der Waals surface area contributed by atoms with Crippen molar-refractivity contribution in [2.24, 2.45) is 5.92 Å². The van der Waals surface area contributed by atoms with E-state index in [2.05, 4.69) is 9.88 Å². The summed E-state index contributed by atoms with van der Waals surface area (Å²) in [6.45, 7) is 1.54. The van der Waals surface area contributed by atoms with Gasteiger partial charge in [-0.1, -0.05) is 114 Å². The second-order valence-corrected chi connectivity index (χ2v) is 9.96. The minimum Gasteiger partial charge on any atom is -0.380 e. The molecular weight excluding hydrogens is 474 g/mol. The van der Waals surface area contributed by atoms with E-state index in [0.717, 1.165) is 54.0 Å². The van der Waals surface area contributed by atoms with Crippen LogP contribution in [0.1, 0.15) is 24.0 Å². The fourth-order valence-electron chi connectivity index (χ4n) is 5.11. The quantitative estimate of drug-likeness (QED) is 0.181. The molecular formula is C29H28ClN3OS. The number of aliphatic hydroxyl groups is 1. The molecule has 4 aromatic rings. The highest BCUT2D eigenvalue weighted by atomic mass is 35.5. The molecule has 1 saturated heterocycles. The van der Waals surface area contributed by atoms with Crippen molar-refractivity contribution in [3.8, 4) is 11.1 Å². The van der Waals surface area contributed by atoms with E-state index in [-0.39, 0.29) is 5.92 Å². The van der Waals surface area contributed by atoms with E-state index in [1.165, 1.54) is 11.8 Å². The molecule has 1 aliphatic rings. The van der Waals surface area contributed by atoms with E-state index in [1.54, 1.807) is 0 Å². The van der Waals surface area contributed by atoms with Crippen molar-refractivity contribution in [2.45, 2.75) is 23.6 Å². The van der Waals surface area contributed by atoms with Crippen LogP contribution in [0.15, 0.2) is 96.2 Å². The fourth-order valence-corrected chi connectivity index (χ4v) is 5.79. The van der Waals surface area contributed by atoms with Crippen LogP contribution in [0, 0.1) is 5.92 Å². The summed E-state index contributed by atoms with van der Waals surface area (Å²) in [6, 6.07) is 30.2. The molecule has 0 spiro atoms. The lowest BCUT2D eigenvalue weighted by Crippen LogP contribution is -2.44. The minimum atomic E-state index is -1.05. The average molecular weight is 502 g/mol. The van der Waals surface area contributed by atoms with Crippen LogP contribution in [0.5, 0.6) is 0 Å². The highest BCUT2D eigenvalue weighted by molar-refractivity contribution is 7.98. The number of nitrogens with zero attached hydrogens (tertiary/aromatic N) is 3. The Kier molecular flexibility index (Phi) is 7.09. The number of benzene rings is 3. The Bertz CT molecular complexity index is 1220. The molecule has 0 unspecified atom stereocenters. The Morgan fingerprint density at radius 1 is 0.829 bits per heavy atom. The lowest BCUT2D eigenvalue weighted by Gasteiger charge is -2.43.